The fourth-order valence-electron chi connectivity index (χ4n) is 4.80. The van der Waals surface area contributed by atoms with Crippen molar-refractivity contribution in [2.24, 2.45) is 5.41 Å². The van der Waals surface area contributed by atoms with Crippen LogP contribution in [0.5, 0.6) is 0 Å². The van der Waals surface area contributed by atoms with E-state index in [1.807, 2.05) is 18.2 Å². The first-order chi connectivity index (χ1) is 19.2. The van der Waals surface area contributed by atoms with Crippen molar-refractivity contribution >= 4 is 33.9 Å². The summed E-state index contributed by atoms with van der Waals surface area (Å²) in [6.07, 6.45) is 5.74. The number of pyridine rings is 1. The van der Waals surface area contributed by atoms with E-state index >= 15 is 0 Å². The molecule has 1 atom stereocenters. The van der Waals surface area contributed by atoms with E-state index in [4.69, 9.17) is 11.6 Å². The van der Waals surface area contributed by atoms with Crippen LogP contribution in [0.25, 0.3) is 10.9 Å². The number of hydrogen-bond acceptors (Lipinski definition) is 8. The molecule has 1 aliphatic carbocycles. The molecule has 1 aliphatic rings. The summed E-state index contributed by atoms with van der Waals surface area (Å²) in [6, 6.07) is 17.2. The third-order valence-corrected chi connectivity index (χ3v) is 7.51. The van der Waals surface area contributed by atoms with Crippen molar-refractivity contribution in [3.63, 3.8) is 0 Å². The fourth-order valence-corrected chi connectivity index (χ4v) is 5.05. The number of benzene rings is 2. The summed E-state index contributed by atoms with van der Waals surface area (Å²) >= 11 is 6.66. The highest BCUT2D eigenvalue weighted by Gasteiger charge is 2.41. The quantitative estimate of drug-likeness (QED) is 0.274. The highest BCUT2D eigenvalue weighted by Crippen LogP contribution is 2.40. The predicted octanol–water partition coefficient (Wildman–Crippen LogP) is 6.29. The van der Waals surface area contributed by atoms with Gasteiger partial charge in [-0.05, 0) is 48.4 Å². The number of nitrogens with one attached hydrogen (secondary N) is 2. The molecule has 40 heavy (non-hydrogen) atoms. The van der Waals surface area contributed by atoms with Crippen molar-refractivity contribution in [3.8, 4) is 18.2 Å². The third kappa shape index (κ3) is 5.02. The zero-order valence-corrected chi connectivity index (χ0v) is 23.3. The third-order valence-electron chi connectivity index (χ3n) is 7.17. The second-order valence-electron chi connectivity index (χ2n) is 11.3. The average Bonchev–Trinajstić information content (AvgIpc) is 3.39. The Morgan fingerprint density at radius 2 is 1.90 bits per heavy atom. The number of anilines is 2. The first kappa shape index (κ1) is 26.9. The van der Waals surface area contributed by atoms with E-state index in [1.54, 1.807) is 35.3 Å². The van der Waals surface area contributed by atoms with Crippen LogP contribution in [-0.2, 0) is 5.54 Å². The Morgan fingerprint density at radius 3 is 2.52 bits per heavy atom. The molecule has 0 bridgehead atoms. The van der Waals surface area contributed by atoms with Crippen LogP contribution in [0.1, 0.15) is 68.5 Å². The van der Waals surface area contributed by atoms with Crippen LogP contribution in [0.15, 0.2) is 48.8 Å². The van der Waals surface area contributed by atoms with Gasteiger partial charge in [0.25, 0.3) is 0 Å². The van der Waals surface area contributed by atoms with Gasteiger partial charge >= 0.3 is 0 Å². The largest absolute Gasteiger partial charge is 0.383 e. The van der Waals surface area contributed by atoms with Crippen LogP contribution in [0.3, 0.4) is 0 Å². The molecule has 0 unspecified atom stereocenters. The Bertz CT molecular complexity index is 1710. The minimum Gasteiger partial charge on any atom is -0.383 e. The Kier molecular flexibility index (Phi) is 7.06. The second kappa shape index (κ2) is 10.5. The molecule has 0 saturated heterocycles. The molecular formula is C30H28ClN9. The van der Waals surface area contributed by atoms with Gasteiger partial charge in [0.05, 0.1) is 52.4 Å². The van der Waals surface area contributed by atoms with Crippen molar-refractivity contribution in [2.75, 3.05) is 17.2 Å². The van der Waals surface area contributed by atoms with Gasteiger partial charge in [0.1, 0.15) is 11.8 Å². The summed E-state index contributed by atoms with van der Waals surface area (Å²) < 4.78 is 1.65. The van der Waals surface area contributed by atoms with Crippen LogP contribution < -0.4 is 10.6 Å². The van der Waals surface area contributed by atoms with Crippen LogP contribution in [0, 0.1) is 39.4 Å². The summed E-state index contributed by atoms with van der Waals surface area (Å²) in [5, 5.41) is 46.5. The fraction of sp³-hybridized carbons (Fsp3) is 0.333. The molecule has 9 nitrogen and oxygen atoms in total. The Hall–Kier alpha value is -4.65. The molecule has 0 amide bonds. The highest BCUT2D eigenvalue weighted by molar-refractivity contribution is 6.31. The lowest BCUT2D eigenvalue weighted by Crippen LogP contribution is -2.39. The van der Waals surface area contributed by atoms with Gasteiger partial charge in [-0.1, -0.05) is 55.8 Å². The zero-order valence-electron chi connectivity index (χ0n) is 22.5. The molecule has 2 N–H and O–H groups in total. The molecule has 4 aromatic rings. The van der Waals surface area contributed by atoms with Gasteiger partial charge in [0.15, 0.2) is 5.54 Å². The van der Waals surface area contributed by atoms with Gasteiger partial charge in [-0.3, -0.25) is 4.98 Å². The molecule has 10 heteroatoms. The monoisotopic (exact) mass is 549 g/mol. The maximum atomic E-state index is 9.90. The van der Waals surface area contributed by atoms with Gasteiger partial charge in [-0.15, -0.1) is 5.10 Å². The highest BCUT2D eigenvalue weighted by atomic mass is 35.5. The normalized spacial score (nSPS) is 14.8. The number of rotatable bonds is 7. The number of halogens is 1. The number of nitriles is 3. The maximum Gasteiger partial charge on any atom is 0.150 e. The van der Waals surface area contributed by atoms with E-state index < -0.39 is 11.6 Å². The first-order valence-electron chi connectivity index (χ1n) is 13.0. The van der Waals surface area contributed by atoms with Gasteiger partial charge in [0, 0.05) is 23.2 Å². The van der Waals surface area contributed by atoms with Gasteiger partial charge in [-0.25, -0.2) is 4.68 Å². The van der Waals surface area contributed by atoms with E-state index in [0.717, 1.165) is 24.8 Å². The lowest BCUT2D eigenvalue weighted by Gasteiger charge is -2.34. The molecule has 2 aromatic heterocycles. The predicted molar refractivity (Wildman–Crippen MR) is 153 cm³/mol. The molecule has 0 spiro atoms. The first-order valence-corrected chi connectivity index (χ1v) is 13.4. The topological polar surface area (TPSA) is 139 Å². The SMILES string of the molecule is CC(C)(C)CNc1c(C#N)cnc2c(N[C@H](c3cn(C4(C#N)CCC4)nn3)c3ccccc3Cl)cc(C#N)cc12. The Morgan fingerprint density at radius 1 is 1.12 bits per heavy atom. The number of nitrogens with zero attached hydrogens (tertiary/aromatic N) is 7. The van der Waals surface area contributed by atoms with Gasteiger partial charge in [0.2, 0.25) is 0 Å². The smallest absolute Gasteiger partial charge is 0.150 e. The van der Waals surface area contributed by atoms with Crippen LogP contribution in [0.4, 0.5) is 11.4 Å². The number of hydrogen-bond donors (Lipinski definition) is 2. The van der Waals surface area contributed by atoms with Gasteiger partial charge in [-0.2, -0.15) is 15.8 Å². The maximum absolute atomic E-state index is 9.90. The summed E-state index contributed by atoms with van der Waals surface area (Å²) in [5.41, 5.74) is 3.20. The lowest BCUT2D eigenvalue weighted by molar-refractivity contribution is 0.193. The average molecular weight is 550 g/mol. The molecule has 5 rings (SSSR count). The molecule has 1 saturated carbocycles. The molecule has 0 radical (unpaired) electrons. The van der Waals surface area contributed by atoms with E-state index in [0.29, 0.717) is 50.7 Å². The van der Waals surface area contributed by atoms with E-state index in [2.05, 4.69) is 64.9 Å². The Balaban J connectivity index is 1.65. The minimum absolute atomic E-state index is 0.0432. The van der Waals surface area contributed by atoms with Crippen molar-refractivity contribution in [3.05, 3.63) is 76.2 Å². The molecule has 2 aromatic carbocycles. The number of fused-ring (bicyclic) bond motifs is 1. The standard InChI is InChI=1S/C30H28ClN9/c1-29(2,3)18-36-26-20(14-33)15-35-27-22(26)11-19(13-32)12-24(27)37-28(21-7-4-5-8-23(21)31)25-16-40(39-38-25)30(17-34)9-6-10-30/h4-5,7-8,11-12,15-16,28,37H,6,9-10,18H2,1-3H3,(H,35,36)/t28-/m0/s1. The molecular weight excluding hydrogens is 522 g/mol. The van der Waals surface area contributed by atoms with Crippen molar-refractivity contribution in [1.82, 2.24) is 20.0 Å². The van der Waals surface area contributed by atoms with Crippen molar-refractivity contribution < 1.29 is 0 Å². The number of aromatic nitrogens is 4. The molecule has 2 heterocycles. The second-order valence-corrected chi connectivity index (χ2v) is 11.7. The van der Waals surface area contributed by atoms with E-state index in [9.17, 15) is 15.8 Å². The van der Waals surface area contributed by atoms with E-state index in [1.165, 1.54) is 0 Å². The Labute approximate surface area is 238 Å². The zero-order chi connectivity index (χ0) is 28.5. The minimum atomic E-state index is -0.688. The molecule has 1 fully saturated rings. The molecule has 200 valence electrons. The summed E-state index contributed by atoms with van der Waals surface area (Å²) in [4.78, 5) is 4.62. The van der Waals surface area contributed by atoms with Gasteiger partial charge < -0.3 is 10.6 Å². The van der Waals surface area contributed by atoms with Crippen molar-refractivity contribution in [2.45, 2.75) is 51.6 Å². The summed E-state index contributed by atoms with van der Waals surface area (Å²) in [6.45, 7) is 6.92. The molecule has 0 aliphatic heterocycles. The summed E-state index contributed by atoms with van der Waals surface area (Å²) in [7, 11) is 0. The van der Waals surface area contributed by atoms with Crippen LogP contribution >= 0.6 is 11.6 Å². The lowest BCUT2D eigenvalue weighted by atomic mass is 9.78. The van der Waals surface area contributed by atoms with Crippen LogP contribution in [0.2, 0.25) is 5.02 Å². The summed E-state index contributed by atoms with van der Waals surface area (Å²) in [5.74, 6) is 0. The van der Waals surface area contributed by atoms with E-state index in [-0.39, 0.29) is 5.41 Å². The van der Waals surface area contributed by atoms with Crippen molar-refractivity contribution in [1.29, 1.82) is 15.8 Å². The van der Waals surface area contributed by atoms with Crippen LogP contribution in [-0.4, -0.2) is 26.5 Å².